The molecule has 22 heavy (non-hydrogen) atoms. The van der Waals surface area contributed by atoms with E-state index in [-0.39, 0.29) is 11.2 Å². The van der Waals surface area contributed by atoms with Crippen LogP contribution in [0.25, 0.3) is 0 Å². The highest BCUT2D eigenvalue weighted by molar-refractivity contribution is 8.00. The van der Waals surface area contributed by atoms with Crippen molar-refractivity contribution >= 4 is 23.4 Å². The van der Waals surface area contributed by atoms with Gasteiger partial charge in [-0.1, -0.05) is 0 Å². The molecule has 1 aromatic carbocycles. The summed E-state index contributed by atoms with van der Waals surface area (Å²) in [7, 11) is 0. The summed E-state index contributed by atoms with van der Waals surface area (Å²) in [6, 6.07) is 12.3. The maximum Gasteiger partial charge on any atom is 0.252 e. The Kier molecular flexibility index (Phi) is 5.66. The summed E-state index contributed by atoms with van der Waals surface area (Å²) < 4.78 is 6.11. The van der Waals surface area contributed by atoms with Gasteiger partial charge in [0, 0.05) is 17.8 Å². The predicted molar refractivity (Wildman–Crippen MR) is 87.0 cm³/mol. The van der Waals surface area contributed by atoms with Crippen molar-refractivity contribution in [3.05, 3.63) is 53.9 Å². The Morgan fingerprint density at radius 1 is 1.32 bits per heavy atom. The fourth-order valence-corrected chi connectivity index (χ4v) is 2.63. The molecule has 1 aromatic heterocycles. The fourth-order valence-electron chi connectivity index (χ4n) is 1.78. The molecule has 5 nitrogen and oxygen atoms in total. The topological polar surface area (TPSA) is 65.3 Å². The molecule has 1 N–H and O–H groups in total. The molecule has 1 amide bonds. The van der Waals surface area contributed by atoms with Crippen LogP contribution < -0.4 is 14.8 Å². The minimum absolute atomic E-state index is 0.155. The number of carbonyl (C=O) groups excluding carboxylic acids is 1. The van der Waals surface area contributed by atoms with Crippen LogP contribution in [0.4, 0.5) is 5.69 Å². The second-order valence-corrected chi connectivity index (χ2v) is 5.93. The van der Waals surface area contributed by atoms with Crippen molar-refractivity contribution in [2.45, 2.75) is 24.1 Å². The smallest absolute Gasteiger partial charge is 0.252 e. The van der Waals surface area contributed by atoms with Gasteiger partial charge in [0.2, 0.25) is 5.91 Å². The molecule has 0 aliphatic rings. The lowest BCUT2D eigenvalue weighted by Crippen LogP contribution is -2.30. The average Bonchev–Trinajstić information content (AvgIpc) is 2.51. The van der Waals surface area contributed by atoms with E-state index in [0.717, 1.165) is 10.5 Å². The molecule has 0 saturated heterocycles. The summed E-state index contributed by atoms with van der Waals surface area (Å²) in [4.78, 5) is 12.2. The van der Waals surface area contributed by atoms with Crippen LogP contribution in [0.1, 0.15) is 13.8 Å². The Bertz CT molecular complexity index is 632. The second kappa shape index (κ2) is 7.70. The monoisotopic (exact) mass is 318 g/mol. The lowest BCUT2D eigenvalue weighted by Gasteiger charge is -2.12. The Morgan fingerprint density at radius 2 is 2.05 bits per heavy atom. The van der Waals surface area contributed by atoms with Gasteiger partial charge in [-0.15, -0.1) is 0 Å². The van der Waals surface area contributed by atoms with Crippen LogP contribution in [0, 0.1) is 5.21 Å². The molecule has 6 heteroatoms. The maximum atomic E-state index is 12.2. The van der Waals surface area contributed by atoms with Gasteiger partial charge in [-0.05, 0) is 55.9 Å². The number of aromatic nitrogens is 1. The molecule has 2 aromatic rings. The third-order valence-electron chi connectivity index (χ3n) is 2.89. The van der Waals surface area contributed by atoms with Gasteiger partial charge in [0.1, 0.15) is 5.75 Å². The van der Waals surface area contributed by atoms with Gasteiger partial charge in [-0.2, -0.15) is 4.73 Å². The van der Waals surface area contributed by atoms with Gasteiger partial charge in [-0.3, -0.25) is 4.79 Å². The largest absolute Gasteiger partial charge is 0.618 e. The van der Waals surface area contributed by atoms with Crippen molar-refractivity contribution in [2.24, 2.45) is 0 Å². The highest BCUT2D eigenvalue weighted by Crippen LogP contribution is 2.21. The third-order valence-corrected chi connectivity index (χ3v) is 4.01. The van der Waals surface area contributed by atoms with E-state index in [0.29, 0.717) is 17.3 Å². The molecular formula is C16H18N2O3S. The number of anilines is 1. The molecule has 116 valence electrons. The molecule has 0 aliphatic carbocycles. The number of nitrogens with zero attached hydrogens (tertiary/aromatic N) is 1. The Hall–Kier alpha value is -2.21. The van der Waals surface area contributed by atoms with Gasteiger partial charge in [0.15, 0.2) is 6.20 Å². The number of carbonyl (C=O) groups is 1. The van der Waals surface area contributed by atoms with Crippen LogP contribution in [0.5, 0.6) is 5.75 Å². The van der Waals surface area contributed by atoms with Crippen LogP contribution in [0.15, 0.2) is 53.7 Å². The molecule has 1 atom stereocenters. The highest BCUT2D eigenvalue weighted by atomic mass is 32.2. The van der Waals surface area contributed by atoms with Gasteiger partial charge < -0.3 is 15.3 Å². The molecule has 0 radical (unpaired) electrons. The highest BCUT2D eigenvalue weighted by Gasteiger charge is 2.18. The average molecular weight is 318 g/mol. The Balaban J connectivity index is 1.95. The summed E-state index contributed by atoms with van der Waals surface area (Å²) >= 11 is 1.22. The van der Waals surface area contributed by atoms with Crippen LogP contribution in [-0.2, 0) is 4.79 Å². The molecule has 2 rings (SSSR count). The third kappa shape index (κ3) is 4.39. The first-order chi connectivity index (χ1) is 10.6. The van der Waals surface area contributed by atoms with E-state index in [4.69, 9.17) is 4.74 Å². The van der Waals surface area contributed by atoms with Crippen molar-refractivity contribution in [2.75, 3.05) is 11.9 Å². The first kappa shape index (κ1) is 16.2. The van der Waals surface area contributed by atoms with Crippen molar-refractivity contribution in [1.82, 2.24) is 0 Å². The fraction of sp³-hybridized carbons (Fsp3) is 0.250. The molecule has 0 bridgehead atoms. The summed E-state index contributed by atoms with van der Waals surface area (Å²) in [5.41, 5.74) is 0.698. The second-order valence-electron chi connectivity index (χ2n) is 4.57. The number of amides is 1. The van der Waals surface area contributed by atoms with E-state index in [1.165, 1.54) is 18.0 Å². The molecule has 0 saturated carbocycles. The summed E-state index contributed by atoms with van der Waals surface area (Å²) in [5.74, 6) is 0.609. The van der Waals surface area contributed by atoms with E-state index >= 15 is 0 Å². The lowest BCUT2D eigenvalue weighted by atomic mass is 10.3. The zero-order valence-corrected chi connectivity index (χ0v) is 13.3. The zero-order chi connectivity index (χ0) is 15.9. The molecule has 0 spiro atoms. The van der Waals surface area contributed by atoms with Crippen LogP contribution in [0.2, 0.25) is 0 Å². The Morgan fingerprint density at radius 3 is 2.68 bits per heavy atom. The van der Waals surface area contributed by atoms with E-state index in [9.17, 15) is 10.0 Å². The van der Waals surface area contributed by atoms with Crippen LogP contribution in [0.3, 0.4) is 0 Å². The minimum atomic E-state index is -0.380. The lowest BCUT2D eigenvalue weighted by molar-refractivity contribution is -0.645. The zero-order valence-electron chi connectivity index (χ0n) is 12.5. The van der Waals surface area contributed by atoms with E-state index in [1.54, 1.807) is 49.4 Å². The molecule has 0 aliphatic heterocycles. The van der Waals surface area contributed by atoms with Gasteiger partial charge in [-0.25, -0.2) is 0 Å². The van der Waals surface area contributed by atoms with E-state index in [2.05, 4.69) is 5.32 Å². The number of hydrogen-bond donors (Lipinski definition) is 1. The van der Waals surface area contributed by atoms with Crippen molar-refractivity contribution < 1.29 is 14.3 Å². The first-order valence-corrected chi connectivity index (χ1v) is 7.86. The minimum Gasteiger partial charge on any atom is -0.618 e. The quantitative estimate of drug-likeness (QED) is 0.505. The number of hydrogen-bond acceptors (Lipinski definition) is 4. The Labute approximate surface area is 133 Å². The number of rotatable bonds is 6. The normalized spacial score (nSPS) is 11.7. The van der Waals surface area contributed by atoms with Gasteiger partial charge in [0.25, 0.3) is 5.03 Å². The number of ether oxygens (including phenoxy) is 1. The number of nitrogens with one attached hydrogen (secondary N) is 1. The summed E-state index contributed by atoms with van der Waals surface area (Å²) in [6.07, 6.45) is 1.42. The SMILES string of the molecule is CCOc1ccc(NC(=O)[C@@H](C)Sc2cccc[n+]2[O-])cc1. The number of benzene rings is 1. The van der Waals surface area contributed by atoms with Crippen molar-refractivity contribution in [1.29, 1.82) is 0 Å². The molecule has 1 heterocycles. The molecule has 0 fully saturated rings. The standard InChI is InChI=1S/C16H18N2O3S/c1-3-21-14-9-7-13(8-10-14)17-16(19)12(2)22-15-6-4-5-11-18(15)20/h4-12H,3H2,1-2H3,(H,17,19)/t12-/m1/s1. The van der Waals surface area contributed by atoms with Crippen LogP contribution >= 0.6 is 11.8 Å². The van der Waals surface area contributed by atoms with E-state index < -0.39 is 0 Å². The van der Waals surface area contributed by atoms with Crippen molar-refractivity contribution in [3.8, 4) is 5.75 Å². The number of pyridine rings is 1. The van der Waals surface area contributed by atoms with Gasteiger partial charge in [0.05, 0.1) is 11.9 Å². The molecular weight excluding hydrogens is 300 g/mol. The van der Waals surface area contributed by atoms with E-state index in [1.807, 2.05) is 6.92 Å². The summed E-state index contributed by atoms with van der Waals surface area (Å²) in [5, 5.41) is 14.5. The first-order valence-electron chi connectivity index (χ1n) is 6.98. The summed E-state index contributed by atoms with van der Waals surface area (Å²) in [6.45, 7) is 4.29. The predicted octanol–water partition coefficient (Wildman–Crippen LogP) is 2.84. The maximum absolute atomic E-state index is 12.2. The molecule has 0 unspecified atom stereocenters. The van der Waals surface area contributed by atoms with Crippen molar-refractivity contribution in [3.63, 3.8) is 0 Å². The number of thioether (sulfide) groups is 1. The van der Waals surface area contributed by atoms with Crippen LogP contribution in [-0.4, -0.2) is 17.8 Å². The van der Waals surface area contributed by atoms with Gasteiger partial charge >= 0.3 is 0 Å².